The van der Waals surface area contributed by atoms with E-state index in [1.165, 1.54) is 11.3 Å². The second-order valence-electron chi connectivity index (χ2n) is 3.12. The molecule has 0 saturated carbocycles. The van der Waals surface area contributed by atoms with E-state index in [0.717, 1.165) is 5.01 Å². The fraction of sp³-hybridized carbons (Fsp3) is 0.429. The van der Waals surface area contributed by atoms with Gasteiger partial charge in [0.1, 0.15) is 5.82 Å². The average Bonchev–Trinajstić information content (AvgIpc) is 2.70. The Hall–Kier alpha value is -1.50. The summed E-state index contributed by atoms with van der Waals surface area (Å²) in [5, 5.41) is 13.9. The summed E-state index contributed by atoms with van der Waals surface area (Å²) in [7, 11) is 0. The first-order chi connectivity index (χ1) is 6.68. The van der Waals surface area contributed by atoms with Gasteiger partial charge in [0.15, 0.2) is 5.01 Å². The lowest BCUT2D eigenvalue weighted by Crippen LogP contribution is -2.05. The molecule has 0 bridgehead atoms. The summed E-state index contributed by atoms with van der Waals surface area (Å²) in [6.07, 6.45) is 0. The number of nitrogens with two attached hydrogens (primary N) is 1. The zero-order valence-electron chi connectivity index (χ0n) is 7.88. The first-order valence-corrected chi connectivity index (χ1v) is 5.05. The lowest BCUT2D eigenvalue weighted by molar-refractivity contribution is 0.519. The van der Waals surface area contributed by atoms with Crippen molar-refractivity contribution < 1.29 is 0 Å². The van der Waals surface area contributed by atoms with Gasteiger partial charge in [-0.1, -0.05) is 0 Å². The molecule has 0 amide bonds. The number of nitrogens with zero attached hydrogens (tertiary/aromatic N) is 5. The SMILES string of the molecule is CC(C)n1nnnc1-c1nc(N)cs1. The molecule has 0 aromatic carbocycles. The summed E-state index contributed by atoms with van der Waals surface area (Å²) in [5.74, 6) is 1.17. The molecule has 0 aliphatic heterocycles. The molecule has 14 heavy (non-hydrogen) atoms. The van der Waals surface area contributed by atoms with E-state index in [9.17, 15) is 0 Å². The van der Waals surface area contributed by atoms with Gasteiger partial charge in [-0.05, 0) is 24.3 Å². The Bertz CT molecular complexity index is 431. The van der Waals surface area contributed by atoms with Gasteiger partial charge in [0, 0.05) is 5.38 Å². The smallest absolute Gasteiger partial charge is 0.211 e. The van der Waals surface area contributed by atoms with Gasteiger partial charge in [-0.2, -0.15) is 0 Å². The summed E-state index contributed by atoms with van der Waals surface area (Å²) in [6.45, 7) is 4.02. The van der Waals surface area contributed by atoms with E-state index in [2.05, 4.69) is 20.5 Å². The molecule has 0 saturated heterocycles. The Morgan fingerprint density at radius 3 is 2.86 bits per heavy atom. The fourth-order valence-electron chi connectivity index (χ4n) is 1.07. The van der Waals surface area contributed by atoms with Gasteiger partial charge in [0.2, 0.25) is 5.82 Å². The number of thiazole rings is 1. The van der Waals surface area contributed by atoms with Crippen LogP contribution in [0.25, 0.3) is 10.8 Å². The molecule has 0 radical (unpaired) electrons. The molecule has 0 fully saturated rings. The molecule has 7 heteroatoms. The van der Waals surface area contributed by atoms with Gasteiger partial charge in [0.25, 0.3) is 0 Å². The predicted molar refractivity (Wildman–Crippen MR) is 53.7 cm³/mol. The highest BCUT2D eigenvalue weighted by Gasteiger charge is 2.14. The van der Waals surface area contributed by atoms with Crippen LogP contribution in [0.4, 0.5) is 5.82 Å². The van der Waals surface area contributed by atoms with Crippen LogP contribution < -0.4 is 5.73 Å². The number of aromatic nitrogens is 5. The summed E-state index contributed by atoms with van der Waals surface area (Å²) < 4.78 is 1.72. The lowest BCUT2D eigenvalue weighted by Gasteiger charge is -2.04. The molecule has 6 nitrogen and oxygen atoms in total. The van der Waals surface area contributed by atoms with Crippen LogP contribution in [0.1, 0.15) is 19.9 Å². The Kier molecular flexibility index (Phi) is 2.16. The van der Waals surface area contributed by atoms with E-state index in [1.807, 2.05) is 13.8 Å². The highest BCUT2D eigenvalue weighted by atomic mass is 32.1. The first-order valence-electron chi connectivity index (χ1n) is 4.17. The summed E-state index contributed by atoms with van der Waals surface area (Å²) in [6, 6.07) is 0.213. The molecule has 0 aliphatic carbocycles. The highest BCUT2D eigenvalue weighted by molar-refractivity contribution is 7.13. The van der Waals surface area contributed by atoms with E-state index in [0.29, 0.717) is 11.6 Å². The van der Waals surface area contributed by atoms with Crippen molar-refractivity contribution in [2.24, 2.45) is 0 Å². The summed E-state index contributed by atoms with van der Waals surface area (Å²) in [5.41, 5.74) is 5.53. The van der Waals surface area contributed by atoms with Crippen molar-refractivity contribution in [3.63, 3.8) is 0 Å². The molecule has 0 aliphatic rings. The monoisotopic (exact) mass is 210 g/mol. The maximum absolute atomic E-state index is 5.53. The third kappa shape index (κ3) is 1.46. The zero-order chi connectivity index (χ0) is 10.1. The van der Waals surface area contributed by atoms with Gasteiger partial charge >= 0.3 is 0 Å². The number of anilines is 1. The van der Waals surface area contributed by atoms with Crippen LogP contribution in [0.15, 0.2) is 5.38 Å². The molecule has 2 rings (SSSR count). The lowest BCUT2D eigenvalue weighted by atomic mass is 10.4. The van der Waals surface area contributed by atoms with Crippen LogP contribution in [0.3, 0.4) is 0 Å². The maximum atomic E-state index is 5.53. The Balaban J connectivity index is 2.46. The maximum Gasteiger partial charge on any atom is 0.211 e. The Morgan fingerprint density at radius 1 is 1.50 bits per heavy atom. The van der Waals surface area contributed by atoms with Crippen molar-refractivity contribution in [1.29, 1.82) is 0 Å². The van der Waals surface area contributed by atoms with Crippen LogP contribution in [0, 0.1) is 0 Å². The molecule has 2 aromatic heterocycles. The third-order valence-corrected chi connectivity index (χ3v) is 2.55. The van der Waals surface area contributed by atoms with Crippen molar-refractivity contribution in [1.82, 2.24) is 25.2 Å². The van der Waals surface area contributed by atoms with E-state index in [-0.39, 0.29) is 6.04 Å². The molecule has 0 atom stereocenters. The van der Waals surface area contributed by atoms with E-state index >= 15 is 0 Å². The van der Waals surface area contributed by atoms with Crippen LogP contribution in [0.5, 0.6) is 0 Å². The number of tetrazole rings is 1. The Morgan fingerprint density at radius 2 is 2.29 bits per heavy atom. The van der Waals surface area contributed by atoms with Crippen LogP contribution in [-0.2, 0) is 0 Å². The average molecular weight is 210 g/mol. The molecule has 0 spiro atoms. The standard InChI is InChI=1S/C7H10N6S/c1-4(2)13-6(10-11-12-13)7-9-5(8)3-14-7/h3-4H,8H2,1-2H3. The van der Waals surface area contributed by atoms with Gasteiger partial charge in [-0.3, -0.25) is 0 Å². The molecule has 74 valence electrons. The molecular formula is C7H10N6S. The number of nitrogen functional groups attached to an aromatic ring is 1. The summed E-state index contributed by atoms with van der Waals surface area (Å²) >= 11 is 1.44. The normalized spacial score (nSPS) is 11.1. The minimum Gasteiger partial charge on any atom is -0.383 e. The minimum absolute atomic E-state index is 0.213. The number of hydrogen-bond acceptors (Lipinski definition) is 6. The second-order valence-corrected chi connectivity index (χ2v) is 3.98. The highest BCUT2D eigenvalue weighted by Crippen LogP contribution is 2.23. The molecule has 2 aromatic rings. The predicted octanol–water partition coefficient (Wildman–Crippen LogP) is 0.960. The van der Waals surface area contributed by atoms with Gasteiger partial charge < -0.3 is 5.73 Å². The van der Waals surface area contributed by atoms with Gasteiger partial charge in [-0.15, -0.1) is 16.4 Å². The summed E-state index contributed by atoms with van der Waals surface area (Å²) in [4.78, 5) is 4.13. The molecular weight excluding hydrogens is 200 g/mol. The van der Waals surface area contributed by atoms with Crippen molar-refractivity contribution in [2.75, 3.05) is 5.73 Å². The van der Waals surface area contributed by atoms with Gasteiger partial charge in [0.05, 0.1) is 6.04 Å². The largest absolute Gasteiger partial charge is 0.383 e. The molecule has 2 N–H and O–H groups in total. The van der Waals surface area contributed by atoms with Crippen molar-refractivity contribution in [3.05, 3.63) is 5.38 Å². The van der Waals surface area contributed by atoms with Crippen LogP contribution in [-0.4, -0.2) is 25.2 Å². The van der Waals surface area contributed by atoms with E-state index in [1.54, 1.807) is 10.1 Å². The topological polar surface area (TPSA) is 82.5 Å². The van der Waals surface area contributed by atoms with Crippen molar-refractivity contribution >= 4 is 17.2 Å². The number of rotatable bonds is 2. The van der Waals surface area contributed by atoms with Crippen LogP contribution in [0.2, 0.25) is 0 Å². The number of hydrogen-bond donors (Lipinski definition) is 1. The van der Waals surface area contributed by atoms with Gasteiger partial charge in [-0.25, -0.2) is 9.67 Å². The molecule has 0 unspecified atom stereocenters. The quantitative estimate of drug-likeness (QED) is 0.798. The molecule has 2 heterocycles. The minimum atomic E-state index is 0.213. The van der Waals surface area contributed by atoms with Crippen LogP contribution >= 0.6 is 11.3 Å². The fourth-order valence-corrected chi connectivity index (χ4v) is 1.75. The third-order valence-electron chi connectivity index (χ3n) is 1.70. The first kappa shape index (κ1) is 9.07. The van der Waals surface area contributed by atoms with E-state index < -0.39 is 0 Å². The second kappa shape index (κ2) is 3.33. The zero-order valence-corrected chi connectivity index (χ0v) is 8.69. The van der Waals surface area contributed by atoms with E-state index in [4.69, 9.17) is 5.73 Å². The van der Waals surface area contributed by atoms with Crippen molar-refractivity contribution in [2.45, 2.75) is 19.9 Å². The Labute approximate surface area is 84.8 Å². The van der Waals surface area contributed by atoms with Crippen molar-refractivity contribution in [3.8, 4) is 10.8 Å².